The molecule has 5 rings (SSSR count). The fourth-order valence-electron chi connectivity index (χ4n) is 4.50. The minimum atomic E-state index is 0.471. The normalized spacial score (nSPS) is 15.1. The van der Waals surface area contributed by atoms with Gasteiger partial charge >= 0.3 is 0 Å². The highest BCUT2D eigenvalue weighted by Crippen LogP contribution is 2.39. The highest BCUT2D eigenvalue weighted by molar-refractivity contribution is 6.08. The van der Waals surface area contributed by atoms with Crippen molar-refractivity contribution in [1.82, 2.24) is 0 Å². The second-order valence-corrected chi connectivity index (χ2v) is 9.16. The molecule has 1 aliphatic heterocycles. The zero-order valence-corrected chi connectivity index (χ0v) is 19.2. The monoisotopic (exact) mass is 419 g/mol. The lowest BCUT2D eigenvalue weighted by Crippen LogP contribution is -2.19. The average molecular weight is 420 g/mol. The zero-order valence-electron chi connectivity index (χ0n) is 19.2. The number of furan rings is 1. The molecule has 3 aromatic carbocycles. The van der Waals surface area contributed by atoms with Gasteiger partial charge in [-0.15, -0.1) is 12.1 Å². The number of rotatable bonds is 4. The quantitative estimate of drug-likeness (QED) is 0.186. The van der Waals surface area contributed by atoms with Crippen molar-refractivity contribution in [2.75, 3.05) is 0 Å². The van der Waals surface area contributed by atoms with Crippen molar-refractivity contribution >= 4 is 28.7 Å². The van der Waals surface area contributed by atoms with Gasteiger partial charge < -0.3 is 0 Å². The maximum Gasteiger partial charge on any atom is 0.278 e. The second kappa shape index (κ2) is 7.87. The Kier molecular flexibility index (Phi) is 5.01. The smallest absolute Gasteiger partial charge is 0.278 e. The molecule has 0 saturated heterocycles. The Morgan fingerprint density at radius 3 is 2.50 bits per heavy atom. The average Bonchev–Trinajstić information content (AvgIpc) is 3.17. The van der Waals surface area contributed by atoms with Crippen LogP contribution in [-0.2, 0) is 0 Å². The Bertz CT molecular complexity index is 1380. The van der Waals surface area contributed by atoms with E-state index in [0.29, 0.717) is 11.8 Å². The number of benzene rings is 3. The maximum absolute atomic E-state index is 6.47. The molecule has 1 aliphatic rings. The van der Waals surface area contributed by atoms with E-state index in [9.17, 15) is 0 Å². The molecule has 1 aromatic heterocycles. The molecule has 0 spiro atoms. The van der Waals surface area contributed by atoms with Gasteiger partial charge in [-0.05, 0) is 40.3 Å². The molecule has 0 radical (unpaired) electrons. The molecular weight excluding hydrogens is 390 g/mol. The highest BCUT2D eigenvalue weighted by atomic mass is 16.3. The number of hydrogen-bond donors (Lipinski definition) is 0. The second-order valence-electron chi connectivity index (χ2n) is 9.16. The number of aryl methyl sites for hydroxylation is 1. The molecule has 0 fully saturated rings. The SMILES string of the molecule is C=[N+]1C=CC(C(C)C(C)C)=C[C-]1c1c(C)ccc2c1[o+][c-]1ccc(-c3ccccc3)cc21. The van der Waals surface area contributed by atoms with E-state index in [1.165, 1.54) is 22.3 Å². The van der Waals surface area contributed by atoms with Crippen molar-refractivity contribution < 1.29 is 8.99 Å². The van der Waals surface area contributed by atoms with Crippen LogP contribution >= 0.6 is 0 Å². The molecule has 0 aliphatic carbocycles. The molecule has 2 heteroatoms. The predicted octanol–water partition coefficient (Wildman–Crippen LogP) is 7.90. The van der Waals surface area contributed by atoms with Gasteiger partial charge in [-0.3, -0.25) is 8.99 Å². The summed E-state index contributed by atoms with van der Waals surface area (Å²) >= 11 is 0. The minimum Gasteiger partial charge on any atom is -0.286 e. The van der Waals surface area contributed by atoms with Crippen molar-refractivity contribution in [3.8, 4) is 11.1 Å². The molecule has 2 heterocycles. The van der Waals surface area contributed by atoms with Crippen LogP contribution < -0.4 is 0 Å². The summed E-state index contributed by atoms with van der Waals surface area (Å²) in [4.78, 5) is 0. The first-order valence-electron chi connectivity index (χ1n) is 11.3. The molecule has 0 N–H and O–H groups in total. The van der Waals surface area contributed by atoms with Crippen LogP contribution in [0.5, 0.6) is 0 Å². The zero-order chi connectivity index (χ0) is 22.4. The van der Waals surface area contributed by atoms with Gasteiger partial charge in [0.15, 0.2) is 6.04 Å². The number of nitrogens with zero attached hydrogens (tertiary/aromatic N) is 1. The lowest BCUT2D eigenvalue weighted by atomic mass is 9.85. The number of hydrogen-bond acceptors (Lipinski definition) is 0. The first-order chi connectivity index (χ1) is 15.4. The molecule has 0 amide bonds. The Balaban J connectivity index is 1.69. The van der Waals surface area contributed by atoms with E-state index >= 15 is 0 Å². The van der Waals surface area contributed by atoms with Gasteiger partial charge in [0.2, 0.25) is 0 Å². The van der Waals surface area contributed by atoms with Crippen LogP contribution in [-0.4, -0.2) is 11.3 Å². The summed E-state index contributed by atoms with van der Waals surface area (Å²) in [5, 5.41) is 2.28. The summed E-state index contributed by atoms with van der Waals surface area (Å²) in [6, 6.07) is 22.4. The molecule has 4 aromatic rings. The van der Waals surface area contributed by atoms with E-state index < -0.39 is 0 Å². The van der Waals surface area contributed by atoms with E-state index in [-0.39, 0.29) is 0 Å². The van der Waals surface area contributed by atoms with Crippen LogP contribution in [0, 0.1) is 24.8 Å². The highest BCUT2D eigenvalue weighted by Gasteiger charge is 2.27. The van der Waals surface area contributed by atoms with Crippen LogP contribution in [0.1, 0.15) is 31.9 Å². The largest absolute Gasteiger partial charge is 0.286 e. The Labute approximate surface area is 190 Å². The Hall–Kier alpha value is -3.52. The van der Waals surface area contributed by atoms with Gasteiger partial charge in [0.1, 0.15) is 6.20 Å². The summed E-state index contributed by atoms with van der Waals surface area (Å²) in [6.45, 7) is 13.2. The lowest BCUT2D eigenvalue weighted by molar-refractivity contribution is -0.418. The van der Waals surface area contributed by atoms with Crippen LogP contribution in [0.4, 0.5) is 0 Å². The number of allylic oxidation sites excluding steroid dienone is 2. The minimum absolute atomic E-state index is 0.471. The molecule has 0 saturated carbocycles. The van der Waals surface area contributed by atoms with Gasteiger partial charge in [-0.2, -0.15) is 0 Å². The van der Waals surface area contributed by atoms with E-state index in [4.69, 9.17) is 4.42 Å². The molecule has 160 valence electrons. The van der Waals surface area contributed by atoms with Crippen molar-refractivity contribution in [3.63, 3.8) is 0 Å². The van der Waals surface area contributed by atoms with Crippen LogP contribution in [0.3, 0.4) is 0 Å². The predicted molar refractivity (Wildman–Crippen MR) is 135 cm³/mol. The lowest BCUT2D eigenvalue weighted by Gasteiger charge is -2.25. The first-order valence-corrected chi connectivity index (χ1v) is 11.3. The third-order valence-electron chi connectivity index (χ3n) is 6.80. The van der Waals surface area contributed by atoms with Gasteiger partial charge in [-0.25, -0.2) is 0 Å². The maximum atomic E-state index is 6.47. The van der Waals surface area contributed by atoms with Gasteiger partial charge in [0, 0.05) is 0 Å². The molecule has 2 nitrogen and oxygen atoms in total. The molecule has 32 heavy (non-hydrogen) atoms. The van der Waals surface area contributed by atoms with Gasteiger partial charge in [0.25, 0.3) is 11.2 Å². The Morgan fingerprint density at radius 2 is 1.75 bits per heavy atom. The van der Waals surface area contributed by atoms with Crippen LogP contribution in [0.2, 0.25) is 0 Å². The van der Waals surface area contributed by atoms with Crippen molar-refractivity contribution in [2.45, 2.75) is 27.7 Å². The standard InChI is InChI=1S/C30H29NO/c1-19(2)21(4)23-15-16-31(5)27(18-23)29-20(3)11-13-25-26-17-24(22-9-7-6-8-10-22)12-14-28(26)32-30(25)29/h6-19,21H,5H2,1-4H3. The van der Waals surface area contributed by atoms with Crippen molar-refractivity contribution in [1.29, 1.82) is 0 Å². The third kappa shape index (κ3) is 3.36. The molecule has 1 atom stereocenters. The van der Waals surface area contributed by atoms with E-state index in [1.807, 2.05) is 10.6 Å². The van der Waals surface area contributed by atoms with Crippen LogP contribution in [0.15, 0.2) is 89.0 Å². The summed E-state index contributed by atoms with van der Waals surface area (Å²) in [5.74, 6) is 1.04. The van der Waals surface area contributed by atoms with Crippen LogP contribution in [0.25, 0.3) is 33.1 Å². The van der Waals surface area contributed by atoms with Crippen molar-refractivity contribution in [3.05, 3.63) is 102 Å². The third-order valence-corrected chi connectivity index (χ3v) is 6.80. The molecule has 1 unspecified atom stereocenters. The topological polar surface area (TPSA) is 14.3 Å². The molecular formula is C30H29NO. The fraction of sp³-hybridized carbons (Fsp3) is 0.200. The summed E-state index contributed by atoms with van der Waals surface area (Å²) < 4.78 is 8.43. The van der Waals surface area contributed by atoms with Gasteiger partial charge in [0.05, 0.1) is 12.3 Å². The van der Waals surface area contributed by atoms with E-state index in [0.717, 1.165) is 33.5 Å². The summed E-state index contributed by atoms with van der Waals surface area (Å²) in [6.07, 6.45) is 6.53. The molecule has 0 bridgehead atoms. The number of fused-ring (bicyclic) bond motifs is 3. The van der Waals surface area contributed by atoms with Gasteiger partial charge in [-0.1, -0.05) is 92.9 Å². The van der Waals surface area contributed by atoms with E-state index in [2.05, 4.69) is 107 Å². The summed E-state index contributed by atoms with van der Waals surface area (Å²) in [5.41, 5.74) is 7.88. The summed E-state index contributed by atoms with van der Waals surface area (Å²) in [7, 11) is 0. The van der Waals surface area contributed by atoms with E-state index in [1.54, 1.807) is 0 Å². The Morgan fingerprint density at radius 1 is 0.969 bits per heavy atom. The first kappa shape index (κ1) is 20.4. The fourth-order valence-corrected chi connectivity index (χ4v) is 4.50. The van der Waals surface area contributed by atoms with Crippen molar-refractivity contribution in [2.24, 2.45) is 11.8 Å².